The van der Waals surface area contributed by atoms with Gasteiger partial charge < -0.3 is 15.6 Å². The van der Waals surface area contributed by atoms with Crippen LogP contribution in [0.25, 0.3) is 0 Å². The minimum absolute atomic E-state index is 0.0109. The average Bonchev–Trinajstić information content (AvgIpc) is 2.58. The number of ether oxygens (including phenoxy) is 1. The molecule has 2 aromatic rings. The monoisotopic (exact) mass is 311 g/mol. The molecule has 120 valence electrons. The zero-order valence-corrected chi connectivity index (χ0v) is 12.9. The molecular weight excluding hydrogens is 290 g/mol. The number of hydrogen-bond acceptors (Lipinski definition) is 4. The molecule has 23 heavy (non-hydrogen) atoms. The van der Waals surface area contributed by atoms with Gasteiger partial charge in [-0.05, 0) is 23.6 Å². The SMILES string of the molecule is NCC(=O)Cc1ccc2c(c1)OCC(Cc1ccccc1)C2O. The van der Waals surface area contributed by atoms with Crippen LogP contribution in [-0.4, -0.2) is 24.0 Å². The van der Waals surface area contributed by atoms with Crippen LogP contribution in [-0.2, 0) is 17.6 Å². The van der Waals surface area contributed by atoms with Crippen LogP contribution in [0.4, 0.5) is 0 Å². The molecule has 0 spiro atoms. The lowest BCUT2D eigenvalue weighted by atomic mass is 9.87. The summed E-state index contributed by atoms with van der Waals surface area (Å²) in [6, 6.07) is 15.7. The Morgan fingerprint density at radius 3 is 2.70 bits per heavy atom. The quantitative estimate of drug-likeness (QED) is 0.886. The van der Waals surface area contributed by atoms with Crippen LogP contribution in [0.3, 0.4) is 0 Å². The van der Waals surface area contributed by atoms with Crippen molar-refractivity contribution in [3.05, 3.63) is 65.2 Å². The lowest BCUT2D eigenvalue weighted by Gasteiger charge is -2.30. The zero-order chi connectivity index (χ0) is 16.2. The molecule has 0 aromatic heterocycles. The lowest BCUT2D eigenvalue weighted by molar-refractivity contribution is -0.117. The van der Waals surface area contributed by atoms with Gasteiger partial charge in [-0.3, -0.25) is 4.79 Å². The number of rotatable bonds is 5. The van der Waals surface area contributed by atoms with Crippen LogP contribution in [0, 0.1) is 5.92 Å². The lowest BCUT2D eigenvalue weighted by Crippen LogP contribution is -2.27. The van der Waals surface area contributed by atoms with Gasteiger partial charge in [0.15, 0.2) is 5.78 Å². The van der Waals surface area contributed by atoms with Crippen LogP contribution in [0.1, 0.15) is 22.8 Å². The van der Waals surface area contributed by atoms with E-state index in [4.69, 9.17) is 10.5 Å². The highest BCUT2D eigenvalue weighted by atomic mass is 16.5. The summed E-state index contributed by atoms with van der Waals surface area (Å²) < 4.78 is 5.83. The van der Waals surface area contributed by atoms with Crippen molar-refractivity contribution in [3.63, 3.8) is 0 Å². The van der Waals surface area contributed by atoms with Gasteiger partial charge in [-0.2, -0.15) is 0 Å². The topological polar surface area (TPSA) is 72.6 Å². The Kier molecular flexibility index (Phi) is 4.74. The van der Waals surface area contributed by atoms with Gasteiger partial charge in [-0.1, -0.05) is 42.5 Å². The predicted molar refractivity (Wildman–Crippen MR) is 88.3 cm³/mol. The Balaban J connectivity index is 1.75. The van der Waals surface area contributed by atoms with Crippen molar-refractivity contribution >= 4 is 5.78 Å². The van der Waals surface area contributed by atoms with Crippen LogP contribution < -0.4 is 10.5 Å². The third-order valence-electron chi connectivity index (χ3n) is 4.27. The molecule has 2 aromatic carbocycles. The summed E-state index contributed by atoms with van der Waals surface area (Å²) >= 11 is 0. The molecule has 4 nitrogen and oxygen atoms in total. The molecule has 3 N–H and O–H groups in total. The van der Waals surface area contributed by atoms with E-state index in [2.05, 4.69) is 12.1 Å². The summed E-state index contributed by atoms with van der Waals surface area (Å²) in [5, 5.41) is 10.6. The number of benzene rings is 2. The molecule has 1 heterocycles. The molecule has 0 saturated carbocycles. The Labute approximate surface area is 135 Å². The Hall–Kier alpha value is -2.17. The van der Waals surface area contributed by atoms with Gasteiger partial charge in [0, 0.05) is 17.9 Å². The number of fused-ring (bicyclic) bond motifs is 1. The second kappa shape index (κ2) is 6.94. The number of ketones is 1. The molecule has 0 radical (unpaired) electrons. The number of aliphatic hydroxyl groups is 1. The highest BCUT2D eigenvalue weighted by molar-refractivity contribution is 5.82. The molecule has 0 aliphatic carbocycles. The fraction of sp³-hybridized carbons (Fsp3) is 0.316. The molecule has 2 atom stereocenters. The Bertz CT molecular complexity index is 684. The number of Topliss-reactive ketones (excluding diaryl/α,β-unsaturated/α-hetero) is 1. The first kappa shape index (κ1) is 15.7. The van der Waals surface area contributed by atoms with E-state index in [9.17, 15) is 9.90 Å². The number of carbonyl (C=O) groups is 1. The number of nitrogens with two attached hydrogens (primary N) is 1. The van der Waals surface area contributed by atoms with Crippen LogP contribution in [0.5, 0.6) is 5.75 Å². The van der Waals surface area contributed by atoms with Crippen molar-refractivity contribution in [1.29, 1.82) is 0 Å². The van der Waals surface area contributed by atoms with E-state index in [1.54, 1.807) is 0 Å². The largest absolute Gasteiger partial charge is 0.493 e. The average molecular weight is 311 g/mol. The number of hydrogen-bond donors (Lipinski definition) is 2. The van der Waals surface area contributed by atoms with E-state index >= 15 is 0 Å². The molecule has 1 aliphatic rings. The second-order valence-corrected chi connectivity index (χ2v) is 6.00. The van der Waals surface area contributed by atoms with Crippen molar-refractivity contribution in [3.8, 4) is 5.75 Å². The van der Waals surface area contributed by atoms with Crippen molar-refractivity contribution < 1.29 is 14.6 Å². The highest BCUT2D eigenvalue weighted by Gasteiger charge is 2.29. The summed E-state index contributed by atoms with van der Waals surface area (Å²) in [5.74, 6) is 0.689. The summed E-state index contributed by atoms with van der Waals surface area (Å²) in [6.45, 7) is 0.511. The number of carbonyl (C=O) groups excluding carboxylic acids is 1. The summed E-state index contributed by atoms with van der Waals surface area (Å²) in [6.07, 6.45) is 0.518. The minimum atomic E-state index is -0.557. The first-order chi connectivity index (χ1) is 11.2. The first-order valence-corrected chi connectivity index (χ1v) is 7.86. The molecular formula is C19H21NO3. The summed E-state index contributed by atoms with van der Waals surface area (Å²) in [4.78, 5) is 11.5. The maximum absolute atomic E-state index is 11.5. The van der Waals surface area contributed by atoms with E-state index in [1.165, 1.54) is 5.56 Å². The van der Waals surface area contributed by atoms with E-state index in [0.29, 0.717) is 18.8 Å². The summed E-state index contributed by atoms with van der Waals surface area (Å²) in [7, 11) is 0. The third-order valence-corrected chi connectivity index (χ3v) is 4.27. The fourth-order valence-corrected chi connectivity index (χ4v) is 2.99. The zero-order valence-electron chi connectivity index (χ0n) is 12.9. The van der Waals surface area contributed by atoms with Gasteiger partial charge in [-0.25, -0.2) is 0 Å². The molecule has 0 saturated heterocycles. The van der Waals surface area contributed by atoms with Gasteiger partial charge in [0.2, 0.25) is 0 Å². The Morgan fingerprint density at radius 1 is 1.17 bits per heavy atom. The molecule has 1 aliphatic heterocycles. The van der Waals surface area contributed by atoms with Crippen molar-refractivity contribution in [2.24, 2.45) is 11.7 Å². The molecule has 3 rings (SSSR count). The minimum Gasteiger partial charge on any atom is -0.493 e. The van der Waals surface area contributed by atoms with E-state index in [-0.39, 0.29) is 18.2 Å². The van der Waals surface area contributed by atoms with Gasteiger partial charge in [0.1, 0.15) is 5.75 Å². The first-order valence-electron chi connectivity index (χ1n) is 7.86. The maximum Gasteiger partial charge on any atom is 0.150 e. The second-order valence-electron chi connectivity index (χ2n) is 6.00. The van der Waals surface area contributed by atoms with Crippen molar-refractivity contribution in [1.82, 2.24) is 0 Å². The van der Waals surface area contributed by atoms with Gasteiger partial charge in [-0.15, -0.1) is 0 Å². The number of aliphatic hydroxyl groups excluding tert-OH is 1. The van der Waals surface area contributed by atoms with Crippen LogP contribution in [0.15, 0.2) is 48.5 Å². The van der Waals surface area contributed by atoms with E-state index < -0.39 is 6.10 Å². The standard InChI is InChI=1S/C19H21NO3/c20-11-16(21)9-14-6-7-17-18(10-14)23-12-15(19(17)22)8-13-4-2-1-3-5-13/h1-7,10,15,19,22H,8-9,11-12,20H2. The fourth-order valence-electron chi connectivity index (χ4n) is 2.99. The molecule has 2 unspecified atom stereocenters. The van der Waals surface area contributed by atoms with E-state index in [0.717, 1.165) is 17.5 Å². The predicted octanol–water partition coefficient (Wildman–Crippen LogP) is 2.04. The molecule has 4 heteroatoms. The van der Waals surface area contributed by atoms with Gasteiger partial charge >= 0.3 is 0 Å². The normalized spacial score (nSPS) is 19.7. The highest BCUT2D eigenvalue weighted by Crippen LogP contribution is 2.37. The van der Waals surface area contributed by atoms with Crippen molar-refractivity contribution in [2.75, 3.05) is 13.2 Å². The van der Waals surface area contributed by atoms with Gasteiger partial charge in [0.05, 0.1) is 19.3 Å². The van der Waals surface area contributed by atoms with E-state index in [1.807, 2.05) is 36.4 Å². The van der Waals surface area contributed by atoms with Gasteiger partial charge in [0.25, 0.3) is 0 Å². The summed E-state index contributed by atoms with van der Waals surface area (Å²) in [5.41, 5.74) is 8.20. The van der Waals surface area contributed by atoms with Crippen molar-refractivity contribution in [2.45, 2.75) is 18.9 Å². The molecule has 0 amide bonds. The van der Waals surface area contributed by atoms with Crippen LogP contribution in [0.2, 0.25) is 0 Å². The van der Waals surface area contributed by atoms with Crippen LogP contribution >= 0.6 is 0 Å². The Morgan fingerprint density at radius 2 is 1.96 bits per heavy atom. The smallest absolute Gasteiger partial charge is 0.150 e. The molecule has 0 fully saturated rings. The molecule has 0 bridgehead atoms. The maximum atomic E-state index is 11.5. The third kappa shape index (κ3) is 3.60.